The van der Waals surface area contributed by atoms with Crippen molar-refractivity contribution >= 4 is 36.7 Å². The van der Waals surface area contributed by atoms with Crippen molar-refractivity contribution in [2.24, 2.45) is 4.99 Å². The number of benzene rings is 1. The fourth-order valence-corrected chi connectivity index (χ4v) is 3.30. The molecule has 0 radical (unpaired) electrons. The molecule has 0 saturated heterocycles. The van der Waals surface area contributed by atoms with Gasteiger partial charge >= 0.3 is 0 Å². The molecule has 19 heavy (non-hydrogen) atoms. The minimum Gasteiger partial charge on any atom is -0.366 e. The lowest BCUT2D eigenvalue weighted by atomic mass is 9.92. The number of rotatable bonds is 0. The van der Waals surface area contributed by atoms with E-state index in [9.17, 15) is 0 Å². The van der Waals surface area contributed by atoms with Crippen molar-refractivity contribution in [1.29, 1.82) is 0 Å². The van der Waals surface area contributed by atoms with Crippen molar-refractivity contribution < 1.29 is 0 Å². The molecule has 1 atom stereocenters. The monoisotopic (exact) mass is 294 g/mol. The first-order valence-electron chi connectivity index (χ1n) is 6.11. The number of halogens is 2. The molecule has 4 heteroatoms. The summed E-state index contributed by atoms with van der Waals surface area (Å²) in [6.07, 6.45) is 5.26. The van der Waals surface area contributed by atoms with Gasteiger partial charge in [0, 0.05) is 30.1 Å². The average Bonchev–Trinajstić information content (AvgIpc) is 2.56. The van der Waals surface area contributed by atoms with Crippen LogP contribution in [0.4, 0.5) is 0 Å². The van der Waals surface area contributed by atoms with E-state index in [0.29, 0.717) is 6.04 Å². The maximum Gasteiger partial charge on any atom is 0.0662 e. The standard InChI is InChI=1S/C15H14N2.2ClH/c1-17-14-8-10-6-7-16-9-13(10)15(17)12-5-3-2-4-11(12)14;;/h2-7,14H,8-9H2,1H3;2*1H. The zero-order chi connectivity index (χ0) is 11.4. The van der Waals surface area contributed by atoms with Gasteiger partial charge in [0.05, 0.1) is 12.6 Å². The normalized spacial score (nSPS) is 22.1. The maximum absolute atomic E-state index is 4.40. The Morgan fingerprint density at radius 2 is 2.00 bits per heavy atom. The van der Waals surface area contributed by atoms with Gasteiger partial charge in [0.2, 0.25) is 0 Å². The summed E-state index contributed by atoms with van der Waals surface area (Å²) in [6, 6.07) is 9.32. The molecule has 3 aliphatic heterocycles. The third kappa shape index (κ3) is 1.82. The van der Waals surface area contributed by atoms with Gasteiger partial charge in [-0.05, 0) is 23.6 Å². The first kappa shape index (κ1) is 14.2. The number of hydrogen-bond acceptors (Lipinski definition) is 2. The smallest absolute Gasteiger partial charge is 0.0662 e. The average molecular weight is 295 g/mol. The molecular weight excluding hydrogens is 279 g/mol. The van der Waals surface area contributed by atoms with Crippen molar-refractivity contribution in [3.05, 3.63) is 52.6 Å². The van der Waals surface area contributed by atoms with Crippen LogP contribution in [-0.2, 0) is 0 Å². The summed E-state index contributed by atoms with van der Waals surface area (Å²) in [4.78, 5) is 6.83. The van der Waals surface area contributed by atoms with E-state index in [1.54, 1.807) is 0 Å². The number of dihydropyridines is 1. The molecule has 0 fully saturated rings. The van der Waals surface area contributed by atoms with Gasteiger partial charge in [-0.3, -0.25) is 4.99 Å². The highest BCUT2D eigenvalue weighted by Gasteiger charge is 2.38. The van der Waals surface area contributed by atoms with Crippen LogP contribution in [-0.4, -0.2) is 24.7 Å². The van der Waals surface area contributed by atoms with E-state index >= 15 is 0 Å². The summed E-state index contributed by atoms with van der Waals surface area (Å²) in [6.45, 7) is 0.840. The van der Waals surface area contributed by atoms with Crippen LogP contribution in [0.1, 0.15) is 23.6 Å². The lowest BCUT2D eigenvalue weighted by Crippen LogP contribution is -2.24. The first-order chi connectivity index (χ1) is 8.36. The first-order valence-corrected chi connectivity index (χ1v) is 6.11. The Morgan fingerprint density at radius 3 is 2.84 bits per heavy atom. The molecule has 1 unspecified atom stereocenters. The molecule has 0 amide bonds. The summed E-state index contributed by atoms with van der Waals surface area (Å²) < 4.78 is 0. The molecule has 1 aromatic rings. The number of fused-ring (bicyclic) bond motifs is 6. The quantitative estimate of drug-likeness (QED) is 0.713. The van der Waals surface area contributed by atoms with Crippen molar-refractivity contribution in [3.8, 4) is 0 Å². The number of aliphatic imine (C=N–C) groups is 1. The van der Waals surface area contributed by atoms with Crippen LogP contribution < -0.4 is 0 Å². The summed E-state index contributed by atoms with van der Waals surface area (Å²) in [5.74, 6) is 0. The highest BCUT2D eigenvalue weighted by Crippen LogP contribution is 2.50. The maximum atomic E-state index is 4.40. The van der Waals surface area contributed by atoms with Crippen molar-refractivity contribution in [2.45, 2.75) is 12.5 Å². The summed E-state index contributed by atoms with van der Waals surface area (Å²) >= 11 is 0. The summed E-state index contributed by atoms with van der Waals surface area (Å²) in [5.41, 5.74) is 7.20. The van der Waals surface area contributed by atoms with E-state index in [4.69, 9.17) is 0 Å². The molecule has 0 N–H and O–H groups in total. The Morgan fingerprint density at radius 1 is 1.21 bits per heavy atom. The zero-order valence-electron chi connectivity index (χ0n) is 10.7. The van der Waals surface area contributed by atoms with E-state index in [-0.39, 0.29) is 24.8 Å². The molecule has 100 valence electrons. The molecule has 2 nitrogen and oxygen atoms in total. The highest BCUT2D eigenvalue weighted by molar-refractivity contribution is 5.86. The third-order valence-corrected chi connectivity index (χ3v) is 4.11. The number of nitrogens with zero attached hydrogens (tertiary/aromatic N) is 2. The van der Waals surface area contributed by atoms with Crippen LogP contribution in [0.3, 0.4) is 0 Å². The van der Waals surface area contributed by atoms with Crippen molar-refractivity contribution in [2.75, 3.05) is 13.6 Å². The zero-order valence-corrected chi connectivity index (χ0v) is 12.3. The van der Waals surface area contributed by atoms with Gasteiger partial charge in [-0.2, -0.15) is 0 Å². The second-order valence-electron chi connectivity index (χ2n) is 4.93. The second-order valence-corrected chi connectivity index (χ2v) is 4.93. The molecule has 0 aromatic heterocycles. The molecule has 0 aliphatic carbocycles. The number of allylic oxidation sites excluding steroid dienone is 1. The Labute approximate surface area is 125 Å². The fraction of sp³-hybridized carbons (Fsp3) is 0.267. The molecule has 2 bridgehead atoms. The fourth-order valence-electron chi connectivity index (χ4n) is 3.30. The Hall–Kier alpha value is -1.25. The molecular formula is C15H16Cl2N2. The molecule has 1 aromatic carbocycles. The predicted octanol–water partition coefficient (Wildman–Crippen LogP) is 3.64. The Kier molecular flexibility index (Phi) is 3.75. The minimum absolute atomic E-state index is 0. The molecule has 0 spiro atoms. The van der Waals surface area contributed by atoms with Gasteiger partial charge < -0.3 is 4.90 Å². The summed E-state index contributed by atoms with van der Waals surface area (Å²) in [5, 5.41) is 0. The van der Waals surface area contributed by atoms with Gasteiger partial charge in [-0.1, -0.05) is 24.3 Å². The van der Waals surface area contributed by atoms with Gasteiger partial charge in [0.1, 0.15) is 0 Å². The number of hydrogen-bond donors (Lipinski definition) is 0. The van der Waals surface area contributed by atoms with E-state index in [2.05, 4.69) is 47.3 Å². The van der Waals surface area contributed by atoms with Crippen molar-refractivity contribution in [1.82, 2.24) is 4.90 Å². The van der Waals surface area contributed by atoms with Crippen LogP contribution in [0.5, 0.6) is 0 Å². The molecule has 3 heterocycles. The second kappa shape index (κ2) is 5.03. The van der Waals surface area contributed by atoms with Gasteiger partial charge in [0.15, 0.2) is 0 Å². The topological polar surface area (TPSA) is 15.6 Å². The van der Waals surface area contributed by atoms with E-state index in [1.165, 1.54) is 28.0 Å². The van der Waals surface area contributed by atoms with E-state index < -0.39 is 0 Å². The van der Waals surface area contributed by atoms with Crippen LogP contribution in [0.25, 0.3) is 5.70 Å². The molecule has 0 saturated carbocycles. The van der Waals surface area contributed by atoms with E-state index in [1.807, 2.05) is 6.21 Å². The van der Waals surface area contributed by atoms with Gasteiger partial charge in [-0.25, -0.2) is 0 Å². The van der Waals surface area contributed by atoms with Crippen LogP contribution in [0, 0.1) is 0 Å². The van der Waals surface area contributed by atoms with Crippen molar-refractivity contribution in [3.63, 3.8) is 0 Å². The SMILES string of the molecule is CN1C2=C3CN=CC=C3CC1c1ccccc12.Cl.Cl. The lowest BCUT2D eigenvalue weighted by molar-refractivity contribution is 0.362. The van der Waals surface area contributed by atoms with Crippen LogP contribution >= 0.6 is 24.8 Å². The largest absolute Gasteiger partial charge is 0.366 e. The summed E-state index contributed by atoms with van der Waals surface area (Å²) in [7, 11) is 2.21. The predicted molar refractivity (Wildman–Crippen MR) is 84.4 cm³/mol. The van der Waals surface area contributed by atoms with Crippen LogP contribution in [0.15, 0.2) is 46.5 Å². The van der Waals surface area contributed by atoms with Crippen LogP contribution in [0.2, 0.25) is 0 Å². The highest BCUT2D eigenvalue weighted by atomic mass is 35.5. The Balaban J connectivity index is 0.000000667. The van der Waals surface area contributed by atoms with Gasteiger partial charge in [-0.15, -0.1) is 24.8 Å². The Bertz CT molecular complexity index is 602. The van der Waals surface area contributed by atoms with Gasteiger partial charge in [0.25, 0.3) is 0 Å². The molecule has 3 aliphatic rings. The lowest BCUT2D eigenvalue weighted by Gasteiger charge is -2.33. The van der Waals surface area contributed by atoms with E-state index in [0.717, 1.165) is 13.0 Å². The minimum atomic E-state index is 0. The third-order valence-electron chi connectivity index (χ3n) is 4.11. The molecule has 4 rings (SSSR count).